The molecule has 2 aromatic rings. The quantitative estimate of drug-likeness (QED) is 0.884. The molecule has 0 bridgehead atoms. The van der Waals surface area contributed by atoms with Gasteiger partial charge in [-0.15, -0.1) is 0 Å². The van der Waals surface area contributed by atoms with Crippen molar-refractivity contribution in [2.75, 3.05) is 5.32 Å². The second-order valence-electron chi connectivity index (χ2n) is 5.76. The Morgan fingerprint density at radius 3 is 2.59 bits per heavy atom. The van der Waals surface area contributed by atoms with Crippen LogP contribution in [0.25, 0.3) is 0 Å². The monoisotopic (exact) mass is 316 g/mol. The summed E-state index contributed by atoms with van der Waals surface area (Å²) in [6.45, 7) is 0.810. The fraction of sp³-hybridized carbons (Fsp3) is 0.412. The molecule has 4 nitrogen and oxygen atoms in total. The summed E-state index contributed by atoms with van der Waals surface area (Å²) in [6.07, 6.45) is 9.99. The van der Waals surface area contributed by atoms with Gasteiger partial charge in [-0.1, -0.05) is 17.7 Å². The first-order valence-electron chi connectivity index (χ1n) is 7.80. The van der Waals surface area contributed by atoms with Crippen molar-refractivity contribution in [3.05, 3.63) is 53.4 Å². The largest absolute Gasteiger partial charge is 0.367 e. The van der Waals surface area contributed by atoms with Gasteiger partial charge in [0.2, 0.25) is 0 Å². The first-order chi connectivity index (χ1) is 10.8. The highest BCUT2D eigenvalue weighted by Gasteiger charge is 2.21. The van der Waals surface area contributed by atoms with Crippen LogP contribution < -0.4 is 10.6 Å². The summed E-state index contributed by atoms with van der Waals surface area (Å²) in [5, 5.41) is 7.86. The van der Waals surface area contributed by atoms with Crippen LogP contribution in [0, 0.1) is 0 Å². The second kappa shape index (κ2) is 7.56. The van der Waals surface area contributed by atoms with Crippen molar-refractivity contribution in [1.82, 2.24) is 15.3 Å². The van der Waals surface area contributed by atoms with Crippen LogP contribution in [0.2, 0.25) is 5.02 Å². The highest BCUT2D eigenvalue weighted by atomic mass is 35.5. The average molecular weight is 317 g/mol. The predicted molar refractivity (Wildman–Crippen MR) is 90.0 cm³/mol. The maximum absolute atomic E-state index is 6.14. The highest BCUT2D eigenvalue weighted by Crippen LogP contribution is 2.22. The molecule has 0 unspecified atom stereocenters. The molecule has 0 radical (unpaired) electrons. The Labute approximate surface area is 136 Å². The van der Waals surface area contributed by atoms with Crippen LogP contribution in [0.3, 0.4) is 0 Å². The van der Waals surface area contributed by atoms with Gasteiger partial charge in [0.25, 0.3) is 0 Å². The number of rotatable bonds is 5. The van der Waals surface area contributed by atoms with Crippen molar-refractivity contribution < 1.29 is 0 Å². The molecular formula is C17H21ClN4. The van der Waals surface area contributed by atoms with Crippen molar-refractivity contribution in [3.63, 3.8) is 0 Å². The molecular weight excluding hydrogens is 296 g/mol. The summed E-state index contributed by atoms with van der Waals surface area (Å²) in [6, 6.07) is 9.04. The normalized spacial score (nSPS) is 21.5. The van der Waals surface area contributed by atoms with Crippen molar-refractivity contribution in [1.29, 1.82) is 0 Å². The fourth-order valence-electron chi connectivity index (χ4n) is 2.90. The summed E-state index contributed by atoms with van der Waals surface area (Å²) in [4.78, 5) is 8.35. The maximum Gasteiger partial charge on any atom is 0.126 e. The predicted octanol–water partition coefficient (Wildman–Crippen LogP) is 3.64. The van der Waals surface area contributed by atoms with Crippen molar-refractivity contribution in [2.24, 2.45) is 0 Å². The van der Waals surface area contributed by atoms with Crippen LogP contribution in [0.15, 0.2) is 42.9 Å². The van der Waals surface area contributed by atoms with Gasteiger partial charge in [-0.25, -0.2) is 4.98 Å². The second-order valence-corrected chi connectivity index (χ2v) is 6.16. The molecule has 1 aliphatic carbocycles. The van der Waals surface area contributed by atoms with Gasteiger partial charge in [0.15, 0.2) is 0 Å². The number of pyridine rings is 2. The lowest BCUT2D eigenvalue weighted by atomic mass is 9.91. The summed E-state index contributed by atoms with van der Waals surface area (Å²) in [7, 11) is 0. The Morgan fingerprint density at radius 1 is 1.05 bits per heavy atom. The summed E-state index contributed by atoms with van der Waals surface area (Å²) < 4.78 is 0. The number of nitrogens with one attached hydrogen (secondary N) is 2. The molecule has 3 rings (SSSR count). The van der Waals surface area contributed by atoms with E-state index >= 15 is 0 Å². The van der Waals surface area contributed by atoms with Crippen LogP contribution in [0.1, 0.15) is 31.2 Å². The molecule has 0 amide bonds. The van der Waals surface area contributed by atoms with E-state index in [1.165, 1.54) is 12.8 Å². The summed E-state index contributed by atoms with van der Waals surface area (Å²) in [5.41, 5.74) is 1.12. The molecule has 0 aromatic carbocycles. The van der Waals surface area contributed by atoms with E-state index in [1.54, 1.807) is 12.4 Å². The minimum atomic E-state index is 0.525. The molecule has 0 aliphatic heterocycles. The number of halogens is 1. The SMILES string of the molecule is Clc1cnccc1CNC1CCC(Nc2ccccn2)CC1. The van der Waals surface area contributed by atoms with Crippen LogP contribution in [0.4, 0.5) is 5.82 Å². The first kappa shape index (κ1) is 15.3. The molecule has 0 atom stereocenters. The zero-order valence-electron chi connectivity index (χ0n) is 12.5. The molecule has 0 spiro atoms. The van der Waals surface area contributed by atoms with E-state index in [2.05, 4.69) is 20.6 Å². The molecule has 0 saturated heterocycles. The molecule has 2 aromatic heterocycles. The molecule has 2 N–H and O–H groups in total. The van der Waals surface area contributed by atoms with Gasteiger partial charge >= 0.3 is 0 Å². The van der Waals surface area contributed by atoms with Crippen LogP contribution in [-0.2, 0) is 6.54 Å². The zero-order chi connectivity index (χ0) is 15.2. The van der Waals surface area contributed by atoms with Crippen molar-refractivity contribution >= 4 is 17.4 Å². The zero-order valence-corrected chi connectivity index (χ0v) is 13.3. The lowest BCUT2D eigenvalue weighted by molar-refractivity contribution is 0.352. The van der Waals surface area contributed by atoms with Gasteiger partial charge in [0, 0.05) is 37.2 Å². The van der Waals surface area contributed by atoms with Crippen LogP contribution in [-0.4, -0.2) is 22.1 Å². The highest BCUT2D eigenvalue weighted by molar-refractivity contribution is 6.31. The summed E-state index contributed by atoms with van der Waals surface area (Å²) >= 11 is 6.14. The van der Waals surface area contributed by atoms with E-state index in [0.717, 1.165) is 35.8 Å². The number of anilines is 1. The van der Waals surface area contributed by atoms with E-state index in [9.17, 15) is 0 Å². The molecule has 5 heteroatoms. The molecule has 1 aliphatic rings. The minimum absolute atomic E-state index is 0.525. The molecule has 116 valence electrons. The lowest BCUT2D eigenvalue weighted by Gasteiger charge is -2.30. The molecule has 22 heavy (non-hydrogen) atoms. The minimum Gasteiger partial charge on any atom is -0.367 e. The number of aromatic nitrogens is 2. The fourth-order valence-corrected chi connectivity index (χ4v) is 3.09. The topological polar surface area (TPSA) is 49.8 Å². The number of hydrogen-bond acceptors (Lipinski definition) is 4. The van der Waals surface area contributed by atoms with Crippen LogP contribution in [0.5, 0.6) is 0 Å². The van der Waals surface area contributed by atoms with Gasteiger partial charge in [-0.05, 0) is 49.4 Å². The van der Waals surface area contributed by atoms with Crippen molar-refractivity contribution in [3.8, 4) is 0 Å². The third kappa shape index (κ3) is 4.18. The third-order valence-electron chi connectivity index (χ3n) is 4.18. The van der Waals surface area contributed by atoms with Gasteiger partial charge in [-0.2, -0.15) is 0 Å². The van der Waals surface area contributed by atoms with E-state index in [0.29, 0.717) is 12.1 Å². The Hall–Kier alpha value is -1.65. The van der Waals surface area contributed by atoms with Gasteiger partial charge in [0.05, 0.1) is 5.02 Å². The Morgan fingerprint density at radius 2 is 1.86 bits per heavy atom. The van der Waals surface area contributed by atoms with E-state index < -0.39 is 0 Å². The smallest absolute Gasteiger partial charge is 0.126 e. The molecule has 2 heterocycles. The standard InChI is InChI=1S/C17H21ClN4/c18-16-12-19-10-8-13(16)11-21-14-4-6-15(7-5-14)22-17-3-1-2-9-20-17/h1-3,8-10,12,14-15,21H,4-7,11H2,(H,20,22). The number of hydrogen-bond donors (Lipinski definition) is 2. The van der Waals surface area contributed by atoms with E-state index in [-0.39, 0.29) is 0 Å². The molecule has 1 saturated carbocycles. The Bertz CT molecular complexity index is 582. The van der Waals surface area contributed by atoms with Crippen molar-refractivity contribution in [2.45, 2.75) is 44.3 Å². The van der Waals surface area contributed by atoms with Gasteiger partial charge in [0.1, 0.15) is 5.82 Å². The third-order valence-corrected chi connectivity index (χ3v) is 4.52. The average Bonchev–Trinajstić information content (AvgIpc) is 2.56. The maximum atomic E-state index is 6.14. The summed E-state index contributed by atoms with van der Waals surface area (Å²) in [5.74, 6) is 0.975. The Kier molecular flexibility index (Phi) is 5.24. The van der Waals surface area contributed by atoms with E-state index in [1.807, 2.05) is 30.5 Å². The van der Waals surface area contributed by atoms with Gasteiger partial charge in [-0.3, -0.25) is 4.98 Å². The lowest BCUT2D eigenvalue weighted by Crippen LogP contribution is -2.36. The van der Waals surface area contributed by atoms with Crippen LogP contribution >= 0.6 is 11.6 Å². The van der Waals surface area contributed by atoms with Gasteiger partial charge < -0.3 is 10.6 Å². The molecule has 1 fully saturated rings. The number of nitrogens with zero attached hydrogens (tertiary/aromatic N) is 2. The van der Waals surface area contributed by atoms with E-state index in [4.69, 9.17) is 11.6 Å². The Balaban J connectivity index is 1.43. The first-order valence-corrected chi connectivity index (χ1v) is 8.18.